The Labute approximate surface area is 202 Å². The first-order valence-corrected chi connectivity index (χ1v) is 12.4. The molecule has 3 rings (SSSR count). The smallest absolute Gasteiger partial charge is 0.247 e. The second kappa shape index (κ2) is 11.5. The van der Waals surface area contributed by atoms with Crippen LogP contribution in [0.15, 0.2) is 36.4 Å². The van der Waals surface area contributed by atoms with Gasteiger partial charge in [-0.2, -0.15) is 0 Å². The van der Waals surface area contributed by atoms with Crippen LogP contribution in [0, 0.1) is 23.7 Å². The fraction of sp³-hybridized carbons (Fsp3) is 0.577. The van der Waals surface area contributed by atoms with E-state index in [1.54, 1.807) is 11.9 Å². The van der Waals surface area contributed by atoms with Crippen molar-refractivity contribution in [3.63, 3.8) is 0 Å². The fourth-order valence-electron chi connectivity index (χ4n) is 5.45. The minimum absolute atomic E-state index is 0.0562. The molecule has 0 saturated carbocycles. The van der Waals surface area contributed by atoms with E-state index in [4.69, 9.17) is 0 Å². The highest BCUT2D eigenvalue weighted by molar-refractivity contribution is 6.02. The summed E-state index contributed by atoms with van der Waals surface area (Å²) >= 11 is 0. The monoisotopic (exact) mass is 470 g/mol. The molecule has 5 atom stereocenters. The highest BCUT2D eigenvalue weighted by Gasteiger charge is 2.56. The highest BCUT2D eigenvalue weighted by atomic mass is 16.3. The van der Waals surface area contributed by atoms with E-state index in [2.05, 4.69) is 29.4 Å². The molecular formula is C26H38N4O4. The fourth-order valence-corrected chi connectivity index (χ4v) is 5.45. The van der Waals surface area contributed by atoms with Crippen molar-refractivity contribution in [3.05, 3.63) is 36.4 Å². The molecule has 2 aliphatic rings. The number of aliphatic hydroxyl groups excluding tert-OH is 1. The zero-order chi connectivity index (χ0) is 24.8. The molecule has 1 saturated heterocycles. The van der Waals surface area contributed by atoms with Crippen molar-refractivity contribution >= 4 is 29.1 Å². The summed E-state index contributed by atoms with van der Waals surface area (Å²) in [4.78, 5) is 43.6. The van der Waals surface area contributed by atoms with Crippen molar-refractivity contribution in [1.29, 1.82) is 0 Å². The number of likely N-dealkylation sites (tertiary alicyclic amines) is 1. The van der Waals surface area contributed by atoms with Crippen molar-refractivity contribution in [2.24, 2.45) is 23.7 Å². The van der Waals surface area contributed by atoms with Gasteiger partial charge in [-0.25, -0.2) is 0 Å². The number of allylic oxidation sites excluding steroid dienone is 1. The Bertz CT molecular complexity index is 897. The van der Waals surface area contributed by atoms with Crippen molar-refractivity contribution in [2.75, 3.05) is 43.5 Å². The van der Waals surface area contributed by atoms with Crippen LogP contribution in [0.5, 0.6) is 0 Å². The molecule has 1 aromatic rings. The van der Waals surface area contributed by atoms with Gasteiger partial charge < -0.3 is 25.5 Å². The third-order valence-electron chi connectivity index (χ3n) is 7.22. The number of nitrogens with one attached hydrogen (secondary N) is 2. The van der Waals surface area contributed by atoms with Crippen LogP contribution < -0.4 is 15.5 Å². The first kappa shape index (κ1) is 25.7. The normalized spacial score (nSPS) is 25.7. The van der Waals surface area contributed by atoms with E-state index in [9.17, 15) is 19.5 Å². The summed E-state index contributed by atoms with van der Waals surface area (Å²) in [7, 11) is 1.58. The summed E-state index contributed by atoms with van der Waals surface area (Å²) in [6.45, 7) is 8.18. The lowest BCUT2D eigenvalue weighted by molar-refractivity contribution is -0.140. The van der Waals surface area contributed by atoms with Gasteiger partial charge in [0.25, 0.3) is 0 Å². The second-order valence-electron chi connectivity index (χ2n) is 8.96. The lowest BCUT2D eigenvalue weighted by Crippen LogP contribution is -2.45. The van der Waals surface area contributed by atoms with E-state index >= 15 is 0 Å². The number of amides is 3. The summed E-state index contributed by atoms with van der Waals surface area (Å²) < 4.78 is 0. The highest BCUT2D eigenvalue weighted by Crippen LogP contribution is 2.45. The lowest BCUT2D eigenvalue weighted by Gasteiger charge is -2.33. The van der Waals surface area contributed by atoms with Crippen LogP contribution >= 0.6 is 0 Å². The van der Waals surface area contributed by atoms with E-state index in [0.29, 0.717) is 12.1 Å². The molecule has 0 unspecified atom stereocenters. The molecule has 3 N–H and O–H groups in total. The summed E-state index contributed by atoms with van der Waals surface area (Å²) in [5, 5.41) is 15.1. The topological polar surface area (TPSA) is 102 Å². The Morgan fingerprint density at radius 3 is 2.29 bits per heavy atom. The van der Waals surface area contributed by atoms with Gasteiger partial charge in [0, 0.05) is 50.6 Å². The van der Waals surface area contributed by atoms with Crippen LogP contribution in [0.1, 0.15) is 33.6 Å². The van der Waals surface area contributed by atoms with Crippen LogP contribution in [-0.2, 0) is 14.4 Å². The molecule has 1 fully saturated rings. The van der Waals surface area contributed by atoms with Crippen LogP contribution in [0.3, 0.4) is 0 Å². The Morgan fingerprint density at radius 1 is 1.06 bits per heavy atom. The van der Waals surface area contributed by atoms with E-state index in [1.165, 1.54) is 0 Å². The van der Waals surface area contributed by atoms with E-state index in [0.717, 1.165) is 25.2 Å². The van der Waals surface area contributed by atoms with Crippen molar-refractivity contribution in [1.82, 2.24) is 10.2 Å². The largest absolute Gasteiger partial charge is 0.396 e. The standard InChI is InChI=1S/C26H38N4O4/c1-5-17-9-14-20-22(21(17)24(32)27-4)26(34)30(15-8-16-31)23(20)25(33)28-18-10-12-19(13-11-18)29(6-2)7-3/h9-14,17,20-23,31H,5-8,15-16H2,1-4H3,(H,27,32)(H,28,33)/t17-,20+,21-,22-,23+/m1/s1. The van der Waals surface area contributed by atoms with Gasteiger partial charge in [0.15, 0.2) is 0 Å². The quantitative estimate of drug-likeness (QED) is 0.455. The maximum absolute atomic E-state index is 13.5. The van der Waals surface area contributed by atoms with Crippen molar-refractivity contribution in [3.8, 4) is 0 Å². The second-order valence-corrected chi connectivity index (χ2v) is 8.96. The van der Waals surface area contributed by atoms with Gasteiger partial charge in [-0.1, -0.05) is 19.1 Å². The lowest BCUT2D eigenvalue weighted by atomic mass is 9.69. The molecule has 8 heteroatoms. The average molecular weight is 471 g/mol. The van der Waals surface area contributed by atoms with Crippen LogP contribution in [-0.4, -0.2) is 67.1 Å². The van der Waals surface area contributed by atoms with Crippen molar-refractivity contribution < 1.29 is 19.5 Å². The molecule has 1 heterocycles. The molecular weight excluding hydrogens is 432 g/mol. The van der Waals surface area contributed by atoms with E-state index in [-0.39, 0.29) is 36.8 Å². The molecule has 0 bridgehead atoms. The Balaban J connectivity index is 1.89. The molecule has 0 spiro atoms. The number of anilines is 2. The number of fused-ring (bicyclic) bond motifs is 1. The number of benzene rings is 1. The summed E-state index contributed by atoms with van der Waals surface area (Å²) in [6.07, 6.45) is 5.04. The summed E-state index contributed by atoms with van der Waals surface area (Å²) in [5.41, 5.74) is 1.74. The first-order chi connectivity index (χ1) is 16.4. The van der Waals surface area contributed by atoms with Crippen molar-refractivity contribution in [2.45, 2.75) is 39.7 Å². The molecule has 1 aromatic carbocycles. The van der Waals surface area contributed by atoms with Crippen LogP contribution in [0.25, 0.3) is 0 Å². The van der Waals surface area contributed by atoms with E-state index < -0.39 is 23.8 Å². The molecule has 8 nitrogen and oxygen atoms in total. The number of hydrogen-bond acceptors (Lipinski definition) is 5. The Kier molecular flexibility index (Phi) is 8.72. The zero-order valence-electron chi connectivity index (χ0n) is 20.7. The predicted octanol–water partition coefficient (Wildman–Crippen LogP) is 2.26. The minimum atomic E-state index is -0.729. The zero-order valence-corrected chi connectivity index (χ0v) is 20.7. The van der Waals surface area contributed by atoms with E-state index in [1.807, 2.05) is 43.3 Å². The Hall–Kier alpha value is -2.87. The van der Waals surface area contributed by atoms with Gasteiger partial charge in [-0.05, 0) is 56.9 Å². The number of hydrogen-bond donors (Lipinski definition) is 3. The first-order valence-electron chi connectivity index (χ1n) is 12.4. The van der Waals surface area contributed by atoms with Crippen LogP contribution in [0.2, 0.25) is 0 Å². The van der Waals surface area contributed by atoms with Gasteiger partial charge in [-0.15, -0.1) is 0 Å². The SMILES string of the molecule is CC[C@@H]1C=C[C@H]2[C@@H](C(=O)N(CCCO)[C@@H]2C(=O)Nc2ccc(N(CC)CC)cc2)[C@@H]1C(=O)NC. The summed E-state index contributed by atoms with van der Waals surface area (Å²) in [5.74, 6) is -2.19. The molecule has 186 valence electrons. The van der Waals surface area contributed by atoms with Crippen LogP contribution in [0.4, 0.5) is 11.4 Å². The molecule has 34 heavy (non-hydrogen) atoms. The number of nitrogens with zero attached hydrogens (tertiary/aromatic N) is 2. The van der Waals surface area contributed by atoms with Gasteiger partial charge in [0.1, 0.15) is 6.04 Å². The maximum Gasteiger partial charge on any atom is 0.247 e. The van der Waals surface area contributed by atoms with Gasteiger partial charge in [0.05, 0.1) is 11.8 Å². The number of carbonyl (C=O) groups is 3. The van der Waals surface area contributed by atoms with Gasteiger partial charge in [-0.3, -0.25) is 14.4 Å². The molecule has 1 aliphatic heterocycles. The molecule has 0 aromatic heterocycles. The number of rotatable bonds is 10. The number of aliphatic hydroxyl groups is 1. The third kappa shape index (κ3) is 4.97. The third-order valence-corrected chi connectivity index (χ3v) is 7.22. The average Bonchev–Trinajstić information content (AvgIpc) is 3.14. The predicted molar refractivity (Wildman–Crippen MR) is 133 cm³/mol. The number of carbonyl (C=O) groups excluding carboxylic acids is 3. The Morgan fingerprint density at radius 2 is 1.74 bits per heavy atom. The molecule has 0 radical (unpaired) electrons. The van der Waals surface area contributed by atoms with Gasteiger partial charge in [0.2, 0.25) is 17.7 Å². The maximum atomic E-state index is 13.5. The minimum Gasteiger partial charge on any atom is -0.396 e. The van der Waals surface area contributed by atoms with Gasteiger partial charge >= 0.3 is 0 Å². The molecule has 1 aliphatic carbocycles. The summed E-state index contributed by atoms with van der Waals surface area (Å²) in [6, 6.07) is 6.96. The molecule has 3 amide bonds.